The maximum absolute atomic E-state index is 12.0. The summed E-state index contributed by atoms with van der Waals surface area (Å²) in [6.07, 6.45) is 5.48. The van der Waals surface area contributed by atoms with E-state index in [0.717, 1.165) is 56.9 Å². The number of carbonyl (C=O) groups is 1. The van der Waals surface area contributed by atoms with Gasteiger partial charge in [-0.3, -0.25) is 9.79 Å². The van der Waals surface area contributed by atoms with Crippen LogP contribution in [0, 0.1) is 11.8 Å². The minimum atomic E-state index is 0. The van der Waals surface area contributed by atoms with Crippen LogP contribution in [0.15, 0.2) is 29.3 Å². The van der Waals surface area contributed by atoms with Gasteiger partial charge in [-0.2, -0.15) is 0 Å². The fourth-order valence-electron chi connectivity index (χ4n) is 4.79. The molecule has 2 aliphatic heterocycles. The zero-order valence-electron chi connectivity index (χ0n) is 18.2. The average molecular weight is 512 g/mol. The first-order valence-electron chi connectivity index (χ1n) is 11.0. The van der Waals surface area contributed by atoms with Gasteiger partial charge < -0.3 is 15.1 Å². The number of nitrogens with zero attached hydrogens (tertiary/aromatic N) is 3. The summed E-state index contributed by atoms with van der Waals surface area (Å²) in [5, 5.41) is 3.57. The molecule has 1 amide bonds. The summed E-state index contributed by atoms with van der Waals surface area (Å²) >= 11 is 0. The molecule has 2 fully saturated rings. The van der Waals surface area contributed by atoms with E-state index in [0.29, 0.717) is 6.42 Å². The second-order valence-corrected chi connectivity index (χ2v) is 8.16. The Morgan fingerprint density at radius 1 is 1.21 bits per heavy atom. The summed E-state index contributed by atoms with van der Waals surface area (Å²) in [7, 11) is 1.88. The lowest BCUT2D eigenvalue weighted by Crippen LogP contribution is -2.40. The van der Waals surface area contributed by atoms with E-state index in [1.165, 1.54) is 30.4 Å². The van der Waals surface area contributed by atoms with Crippen LogP contribution in [-0.2, 0) is 17.9 Å². The van der Waals surface area contributed by atoms with Gasteiger partial charge in [-0.05, 0) is 35.8 Å². The fourth-order valence-corrected chi connectivity index (χ4v) is 4.79. The molecule has 1 atom stereocenters. The summed E-state index contributed by atoms with van der Waals surface area (Å²) in [6.45, 7) is 9.17. The lowest BCUT2D eigenvalue weighted by Gasteiger charge is -2.25. The number of benzene rings is 1. The molecule has 162 valence electrons. The predicted octanol–water partition coefficient (Wildman–Crippen LogP) is 4.26. The Morgan fingerprint density at radius 2 is 1.93 bits per heavy atom. The van der Waals surface area contributed by atoms with Gasteiger partial charge in [-0.1, -0.05) is 51.0 Å². The molecule has 0 aliphatic carbocycles. The van der Waals surface area contributed by atoms with Crippen molar-refractivity contribution in [3.63, 3.8) is 0 Å². The van der Waals surface area contributed by atoms with Gasteiger partial charge in [0.2, 0.25) is 5.91 Å². The molecule has 1 unspecified atom stereocenters. The van der Waals surface area contributed by atoms with Gasteiger partial charge in [0, 0.05) is 46.2 Å². The summed E-state index contributed by atoms with van der Waals surface area (Å²) in [4.78, 5) is 20.9. The van der Waals surface area contributed by atoms with Crippen molar-refractivity contribution in [2.24, 2.45) is 16.8 Å². The second kappa shape index (κ2) is 11.8. The molecule has 1 aromatic carbocycles. The van der Waals surface area contributed by atoms with E-state index in [1.54, 1.807) is 0 Å². The van der Waals surface area contributed by atoms with Gasteiger partial charge in [0.05, 0.1) is 0 Å². The van der Waals surface area contributed by atoms with Crippen LogP contribution in [0.2, 0.25) is 0 Å². The highest BCUT2D eigenvalue weighted by Crippen LogP contribution is 2.28. The summed E-state index contributed by atoms with van der Waals surface area (Å²) in [5.41, 5.74) is 2.48. The standard InChI is InChI=1S/C23H36N4O.HI/c1-4-18(5-2)21-12-14-27(17-21)23(24-3)25-15-19-9-6-7-10-20(19)16-26-13-8-11-22(26)28;/h6-7,9-10,18,21H,4-5,8,11-17H2,1-3H3,(H,24,25);1H. The van der Waals surface area contributed by atoms with Gasteiger partial charge in [0.15, 0.2) is 5.96 Å². The lowest BCUT2D eigenvalue weighted by atomic mass is 9.87. The SMILES string of the molecule is CCC(CC)C1CCN(C(=NC)NCc2ccccc2CN2CCCC2=O)C1.I. The Morgan fingerprint density at radius 3 is 2.55 bits per heavy atom. The molecule has 0 saturated carbocycles. The van der Waals surface area contributed by atoms with Gasteiger partial charge >= 0.3 is 0 Å². The van der Waals surface area contributed by atoms with Crippen LogP contribution >= 0.6 is 24.0 Å². The zero-order valence-corrected chi connectivity index (χ0v) is 20.5. The van der Waals surface area contributed by atoms with Crippen molar-refractivity contribution < 1.29 is 4.79 Å². The molecule has 2 aliphatic rings. The lowest BCUT2D eigenvalue weighted by molar-refractivity contribution is -0.128. The number of carbonyl (C=O) groups excluding carboxylic acids is 1. The van der Waals surface area contributed by atoms with Crippen molar-refractivity contribution in [2.45, 2.75) is 59.0 Å². The van der Waals surface area contributed by atoms with Crippen LogP contribution in [0.25, 0.3) is 0 Å². The number of halogens is 1. The Bertz CT molecular complexity index is 689. The topological polar surface area (TPSA) is 47.9 Å². The molecule has 0 spiro atoms. The van der Waals surface area contributed by atoms with Gasteiger partial charge in [-0.15, -0.1) is 24.0 Å². The highest BCUT2D eigenvalue weighted by atomic mass is 127. The Hall–Kier alpha value is -1.31. The first kappa shape index (κ1) is 24.0. The summed E-state index contributed by atoms with van der Waals surface area (Å²) in [5.74, 6) is 2.88. The van der Waals surface area contributed by atoms with Crippen LogP contribution in [0.1, 0.15) is 57.1 Å². The molecule has 6 heteroatoms. The number of likely N-dealkylation sites (tertiary alicyclic amines) is 2. The van der Waals surface area contributed by atoms with E-state index in [4.69, 9.17) is 0 Å². The van der Waals surface area contributed by atoms with E-state index >= 15 is 0 Å². The first-order valence-corrected chi connectivity index (χ1v) is 11.0. The number of nitrogens with one attached hydrogen (secondary N) is 1. The molecule has 3 rings (SSSR count). The van der Waals surface area contributed by atoms with E-state index in [1.807, 2.05) is 11.9 Å². The monoisotopic (exact) mass is 512 g/mol. The molecular weight excluding hydrogens is 475 g/mol. The Kier molecular flexibility index (Phi) is 9.72. The van der Waals surface area contributed by atoms with Crippen molar-refractivity contribution in [3.8, 4) is 0 Å². The molecule has 0 aromatic heterocycles. The molecule has 29 heavy (non-hydrogen) atoms. The number of rotatable bonds is 7. The predicted molar refractivity (Wildman–Crippen MR) is 130 cm³/mol. The second-order valence-electron chi connectivity index (χ2n) is 8.16. The van der Waals surface area contributed by atoms with Crippen molar-refractivity contribution in [1.29, 1.82) is 0 Å². The molecule has 2 saturated heterocycles. The third-order valence-electron chi connectivity index (χ3n) is 6.54. The Balaban J connectivity index is 0.00000300. The maximum atomic E-state index is 12.0. The normalized spacial score (nSPS) is 19.8. The molecule has 2 heterocycles. The highest BCUT2D eigenvalue weighted by molar-refractivity contribution is 14.0. The Labute approximate surface area is 193 Å². The zero-order chi connectivity index (χ0) is 19.9. The minimum absolute atomic E-state index is 0. The van der Waals surface area contributed by atoms with Crippen LogP contribution in [-0.4, -0.2) is 48.3 Å². The molecule has 0 bridgehead atoms. The van der Waals surface area contributed by atoms with Gasteiger partial charge in [-0.25, -0.2) is 0 Å². The van der Waals surface area contributed by atoms with Gasteiger partial charge in [0.25, 0.3) is 0 Å². The third-order valence-corrected chi connectivity index (χ3v) is 6.54. The van der Waals surface area contributed by atoms with E-state index in [2.05, 4.69) is 53.3 Å². The first-order chi connectivity index (χ1) is 13.7. The third kappa shape index (κ3) is 6.09. The minimum Gasteiger partial charge on any atom is -0.352 e. The van der Waals surface area contributed by atoms with Crippen LogP contribution < -0.4 is 5.32 Å². The van der Waals surface area contributed by atoms with Crippen LogP contribution in [0.4, 0.5) is 0 Å². The molecule has 1 aromatic rings. The average Bonchev–Trinajstić information content (AvgIpc) is 3.35. The maximum Gasteiger partial charge on any atom is 0.222 e. The summed E-state index contributed by atoms with van der Waals surface area (Å²) in [6, 6.07) is 8.44. The molecule has 0 radical (unpaired) electrons. The largest absolute Gasteiger partial charge is 0.352 e. The number of aliphatic imine (C=N–C) groups is 1. The van der Waals surface area contributed by atoms with Crippen molar-refractivity contribution in [3.05, 3.63) is 35.4 Å². The molecular formula is C23H37IN4O. The molecule has 5 nitrogen and oxygen atoms in total. The number of amides is 1. The number of hydrogen-bond acceptors (Lipinski definition) is 2. The quantitative estimate of drug-likeness (QED) is 0.338. The fraction of sp³-hybridized carbons (Fsp3) is 0.652. The van der Waals surface area contributed by atoms with E-state index in [-0.39, 0.29) is 29.9 Å². The van der Waals surface area contributed by atoms with E-state index < -0.39 is 0 Å². The van der Waals surface area contributed by atoms with Crippen molar-refractivity contribution in [1.82, 2.24) is 15.1 Å². The van der Waals surface area contributed by atoms with Gasteiger partial charge in [0.1, 0.15) is 0 Å². The van der Waals surface area contributed by atoms with E-state index in [9.17, 15) is 4.79 Å². The number of hydrogen-bond donors (Lipinski definition) is 1. The highest BCUT2D eigenvalue weighted by Gasteiger charge is 2.29. The van der Waals surface area contributed by atoms with Crippen molar-refractivity contribution >= 4 is 35.8 Å². The smallest absolute Gasteiger partial charge is 0.222 e. The van der Waals surface area contributed by atoms with Crippen LogP contribution in [0.5, 0.6) is 0 Å². The van der Waals surface area contributed by atoms with Crippen molar-refractivity contribution in [2.75, 3.05) is 26.7 Å². The summed E-state index contributed by atoms with van der Waals surface area (Å²) < 4.78 is 0. The van der Waals surface area contributed by atoms with Crippen LogP contribution in [0.3, 0.4) is 0 Å². The number of guanidine groups is 1. The molecule has 1 N–H and O–H groups in total.